The van der Waals surface area contributed by atoms with Gasteiger partial charge in [0.2, 0.25) is 0 Å². The van der Waals surface area contributed by atoms with Gasteiger partial charge in [0.25, 0.3) is 5.91 Å². The van der Waals surface area contributed by atoms with E-state index >= 15 is 0 Å². The summed E-state index contributed by atoms with van der Waals surface area (Å²) in [5.41, 5.74) is 8.23. The van der Waals surface area contributed by atoms with Gasteiger partial charge in [0.15, 0.2) is 0 Å². The summed E-state index contributed by atoms with van der Waals surface area (Å²) in [4.78, 5) is 14.0. The molecule has 1 aromatic heterocycles. The molecule has 17 heavy (non-hydrogen) atoms. The van der Waals surface area contributed by atoms with Gasteiger partial charge in [0.05, 0.1) is 0 Å². The number of para-hydroxylation sites is 1. The number of nitrogens with two attached hydrogens (primary N) is 1. The van der Waals surface area contributed by atoms with E-state index < -0.39 is 0 Å². The van der Waals surface area contributed by atoms with Crippen LogP contribution >= 0.6 is 11.5 Å². The summed E-state index contributed by atoms with van der Waals surface area (Å²) in [5.74, 6) is -0.0668. The highest BCUT2D eigenvalue weighted by Crippen LogP contribution is 2.29. The van der Waals surface area contributed by atoms with Crippen molar-refractivity contribution in [1.29, 1.82) is 0 Å². The largest absolute Gasteiger partial charge is 0.389 e. The first-order valence-corrected chi connectivity index (χ1v) is 6.15. The molecule has 0 spiro atoms. The number of rotatable bonds is 1. The third-order valence-corrected chi connectivity index (χ3v) is 3.50. The topological polar surface area (TPSA) is 59.2 Å². The number of carbonyl (C=O) groups is 1. The molecule has 1 aromatic carbocycles. The molecule has 0 radical (unpaired) electrons. The molecule has 2 aromatic rings. The third kappa shape index (κ3) is 1.68. The summed E-state index contributed by atoms with van der Waals surface area (Å²) in [6.45, 7) is 0.718. The first kappa shape index (κ1) is 10.3. The van der Waals surface area contributed by atoms with Gasteiger partial charge in [-0.15, -0.1) is 0 Å². The second-order valence-corrected chi connectivity index (χ2v) is 4.79. The van der Waals surface area contributed by atoms with Gasteiger partial charge in [-0.05, 0) is 29.6 Å². The molecule has 1 aliphatic rings. The van der Waals surface area contributed by atoms with Gasteiger partial charge in [-0.3, -0.25) is 4.79 Å². The summed E-state index contributed by atoms with van der Waals surface area (Å²) in [5, 5.41) is 0.570. The van der Waals surface area contributed by atoms with Crippen molar-refractivity contribution in [1.82, 2.24) is 4.37 Å². The van der Waals surface area contributed by atoms with Crippen molar-refractivity contribution in [2.24, 2.45) is 0 Å². The number of nitrogens with zero attached hydrogens (tertiary/aromatic N) is 2. The van der Waals surface area contributed by atoms with E-state index in [1.54, 1.807) is 11.0 Å². The fraction of sp³-hybridized carbons (Fsp3) is 0.167. The van der Waals surface area contributed by atoms with Crippen LogP contribution in [0.4, 0.5) is 10.7 Å². The van der Waals surface area contributed by atoms with Crippen molar-refractivity contribution in [3.05, 3.63) is 41.6 Å². The minimum atomic E-state index is -0.0668. The van der Waals surface area contributed by atoms with Crippen molar-refractivity contribution in [2.45, 2.75) is 6.42 Å². The molecule has 1 amide bonds. The van der Waals surface area contributed by atoms with Gasteiger partial charge in [0, 0.05) is 18.3 Å². The maximum Gasteiger partial charge on any atom is 0.278 e. The molecule has 0 unspecified atom stereocenters. The molecule has 0 fully saturated rings. The number of aromatic nitrogens is 1. The van der Waals surface area contributed by atoms with E-state index in [9.17, 15) is 4.79 Å². The molecule has 0 atom stereocenters. The number of benzene rings is 1. The number of nitrogen functional groups attached to an aromatic ring is 1. The Hall–Kier alpha value is -1.88. The van der Waals surface area contributed by atoms with E-state index in [0.717, 1.165) is 30.2 Å². The first-order valence-electron chi connectivity index (χ1n) is 5.37. The first-order chi connectivity index (χ1) is 8.25. The molecule has 5 heteroatoms. The number of amides is 1. The lowest BCUT2D eigenvalue weighted by Crippen LogP contribution is -2.29. The van der Waals surface area contributed by atoms with Gasteiger partial charge in [-0.25, -0.2) is 0 Å². The summed E-state index contributed by atoms with van der Waals surface area (Å²) in [6.07, 6.45) is 0.904. The second-order valence-electron chi connectivity index (χ2n) is 3.95. The highest BCUT2D eigenvalue weighted by atomic mass is 32.1. The third-order valence-electron chi connectivity index (χ3n) is 2.88. The van der Waals surface area contributed by atoms with Crippen LogP contribution in [-0.2, 0) is 6.42 Å². The minimum Gasteiger partial charge on any atom is -0.389 e. The van der Waals surface area contributed by atoms with Crippen molar-refractivity contribution in [3.8, 4) is 0 Å². The lowest BCUT2D eigenvalue weighted by molar-refractivity contribution is 0.0985. The van der Waals surface area contributed by atoms with Crippen LogP contribution in [0.15, 0.2) is 30.3 Å². The van der Waals surface area contributed by atoms with E-state index in [4.69, 9.17) is 5.73 Å². The summed E-state index contributed by atoms with van der Waals surface area (Å²) >= 11 is 1.15. The number of hydrogen-bond donors (Lipinski definition) is 1. The van der Waals surface area contributed by atoms with Gasteiger partial charge < -0.3 is 10.6 Å². The Morgan fingerprint density at radius 2 is 2.24 bits per heavy atom. The Kier molecular flexibility index (Phi) is 2.33. The zero-order chi connectivity index (χ0) is 11.8. The molecule has 3 rings (SSSR count). The molecule has 0 aliphatic carbocycles. The normalized spacial score (nSPS) is 13.8. The van der Waals surface area contributed by atoms with Crippen LogP contribution in [0.25, 0.3) is 0 Å². The molecule has 1 aliphatic heterocycles. The molecular weight excluding hydrogens is 234 g/mol. The van der Waals surface area contributed by atoms with Crippen LogP contribution in [0.1, 0.15) is 16.1 Å². The monoisotopic (exact) mass is 245 g/mol. The summed E-state index contributed by atoms with van der Waals surface area (Å²) in [7, 11) is 0. The van der Waals surface area contributed by atoms with Crippen molar-refractivity contribution in [3.63, 3.8) is 0 Å². The molecular formula is C12H11N3OS. The number of anilines is 2. The molecule has 0 saturated carbocycles. The number of carbonyl (C=O) groups excluding carboxylic acids is 1. The van der Waals surface area contributed by atoms with Gasteiger partial charge in [-0.1, -0.05) is 18.2 Å². The SMILES string of the molecule is Nc1cc(C(=O)N2CCc3ccccc32)ns1. The highest BCUT2D eigenvalue weighted by Gasteiger charge is 2.26. The molecule has 4 nitrogen and oxygen atoms in total. The fourth-order valence-corrected chi connectivity index (χ4v) is 2.58. The maximum absolute atomic E-state index is 12.2. The van der Waals surface area contributed by atoms with Crippen LogP contribution in [-0.4, -0.2) is 16.8 Å². The predicted octanol–water partition coefficient (Wildman–Crippen LogP) is 1.93. The smallest absolute Gasteiger partial charge is 0.278 e. The number of hydrogen-bond acceptors (Lipinski definition) is 4. The molecule has 0 saturated heterocycles. The molecule has 2 heterocycles. The molecule has 86 valence electrons. The Bertz CT molecular complexity index is 579. The molecule has 2 N–H and O–H groups in total. The average molecular weight is 245 g/mol. The fourth-order valence-electron chi connectivity index (χ4n) is 2.08. The Morgan fingerprint density at radius 1 is 1.41 bits per heavy atom. The Balaban J connectivity index is 1.95. The maximum atomic E-state index is 12.2. The van der Waals surface area contributed by atoms with Crippen molar-refractivity contribution >= 4 is 28.1 Å². The van der Waals surface area contributed by atoms with Crippen molar-refractivity contribution in [2.75, 3.05) is 17.2 Å². The van der Waals surface area contributed by atoms with Gasteiger partial charge >= 0.3 is 0 Å². The summed E-state index contributed by atoms with van der Waals surface area (Å²) < 4.78 is 4.06. The molecule has 0 bridgehead atoms. The second kappa shape index (κ2) is 3.85. The standard InChI is InChI=1S/C12H11N3OS/c13-11-7-9(14-17-11)12(16)15-6-5-8-3-1-2-4-10(8)15/h1-4,7H,5-6,13H2. The van der Waals surface area contributed by atoms with Crippen LogP contribution in [0.3, 0.4) is 0 Å². The zero-order valence-corrected chi connectivity index (χ0v) is 9.91. The van der Waals surface area contributed by atoms with E-state index in [-0.39, 0.29) is 5.91 Å². The van der Waals surface area contributed by atoms with E-state index in [1.165, 1.54) is 5.56 Å². The van der Waals surface area contributed by atoms with Crippen LogP contribution in [0, 0.1) is 0 Å². The van der Waals surface area contributed by atoms with Crippen LogP contribution in [0.5, 0.6) is 0 Å². The average Bonchev–Trinajstić information content (AvgIpc) is 2.94. The van der Waals surface area contributed by atoms with E-state index in [1.807, 2.05) is 18.2 Å². The lowest BCUT2D eigenvalue weighted by Gasteiger charge is -2.15. The lowest BCUT2D eigenvalue weighted by atomic mass is 10.2. The van der Waals surface area contributed by atoms with E-state index in [2.05, 4.69) is 10.4 Å². The predicted molar refractivity (Wildman–Crippen MR) is 68.3 cm³/mol. The Labute approximate surface area is 103 Å². The zero-order valence-electron chi connectivity index (χ0n) is 9.09. The number of fused-ring (bicyclic) bond motifs is 1. The van der Waals surface area contributed by atoms with Crippen LogP contribution in [0.2, 0.25) is 0 Å². The van der Waals surface area contributed by atoms with Gasteiger partial charge in [-0.2, -0.15) is 4.37 Å². The van der Waals surface area contributed by atoms with Crippen molar-refractivity contribution < 1.29 is 4.79 Å². The van der Waals surface area contributed by atoms with Crippen LogP contribution < -0.4 is 10.6 Å². The van der Waals surface area contributed by atoms with E-state index in [0.29, 0.717) is 10.7 Å². The summed E-state index contributed by atoms with van der Waals surface area (Å²) in [6, 6.07) is 9.59. The quantitative estimate of drug-likeness (QED) is 0.835. The Morgan fingerprint density at radius 3 is 3.00 bits per heavy atom. The highest BCUT2D eigenvalue weighted by molar-refractivity contribution is 7.10. The van der Waals surface area contributed by atoms with Gasteiger partial charge in [0.1, 0.15) is 10.7 Å². The minimum absolute atomic E-state index is 0.0668.